The number of hydrogen-bond donors (Lipinski definition) is 1. The number of halogens is 2. The van der Waals surface area contributed by atoms with Crippen molar-refractivity contribution in [1.82, 2.24) is 25.2 Å². The molecule has 1 amide bonds. The molecule has 9 heteroatoms. The number of para-hydroxylation sites is 1. The molecule has 0 radical (unpaired) electrons. The summed E-state index contributed by atoms with van der Waals surface area (Å²) in [5.41, 5.74) is 2.96. The van der Waals surface area contributed by atoms with Crippen molar-refractivity contribution in [2.24, 2.45) is 0 Å². The molecule has 2 aromatic carbocycles. The third kappa shape index (κ3) is 4.16. The van der Waals surface area contributed by atoms with Crippen LogP contribution in [0, 0.1) is 6.92 Å². The molecule has 29 heavy (non-hydrogen) atoms. The fraction of sp³-hybridized carbons (Fsp3) is 0.100. The first-order valence-electron chi connectivity index (χ1n) is 8.69. The predicted octanol–water partition coefficient (Wildman–Crippen LogP) is 4.47. The minimum Gasteiger partial charge on any atom is -0.344 e. The van der Waals surface area contributed by atoms with Crippen molar-refractivity contribution < 1.29 is 9.32 Å². The average molecular weight is 428 g/mol. The van der Waals surface area contributed by atoms with E-state index in [4.69, 9.17) is 27.7 Å². The molecule has 0 atom stereocenters. The zero-order valence-corrected chi connectivity index (χ0v) is 16.8. The van der Waals surface area contributed by atoms with Crippen molar-refractivity contribution in [2.75, 3.05) is 0 Å². The van der Waals surface area contributed by atoms with Crippen LogP contribution in [0.3, 0.4) is 0 Å². The van der Waals surface area contributed by atoms with E-state index in [2.05, 4.69) is 20.6 Å². The van der Waals surface area contributed by atoms with Crippen molar-refractivity contribution in [3.8, 4) is 17.1 Å². The van der Waals surface area contributed by atoms with E-state index in [1.807, 2.05) is 37.3 Å². The van der Waals surface area contributed by atoms with Crippen LogP contribution in [0.1, 0.15) is 21.9 Å². The minimum absolute atomic E-state index is 0.126. The van der Waals surface area contributed by atoms with Gasteiger partial charge in [-0.25, -0.2) is 4.68 Å². The summed E-state index contributed by atoms with van der Waals surface area (Å²) in [6, 6.07) is 14.5. The zero-order chi connectivity index (χ0) is 20.4. The molecule has 0 bridgehead atoms. The number of aromatic nitrogens is 4. The Morgan fingerprint density at radius 3 is 2.66 bits per heavy atom. The van der Waals surface area contributed by atoms with Crippen LogP contribution in [-0.2, 0) is 6.54 Å². The Morgan fingerprint density at radius 1 is 1.14 bits per heavy atom. The van der Waals surface area contributed by atoms with Crippen molar-refractivity contribution in [2.45, 2.75) is 13.5 Å². The molecule has 0 aliphatic heterocycles. The second-order valence-corrected chi connectivity index (χ2v) is 7.10. The molecule has 1 N–H and O–H groups in total. The first kappa shape index (κ1) is 19.2. The SMILES string of the molecule is Cc1nn(-c2ccccc2Cl)cc1-c1noc(C(=O)NCc2ccc(Cl)cc2)n1. The van der Waals surface area contributed by atoms with E-state index in [0.717, 1.165) is 11.3 Å². The third-order valence-electron chi connectivity index (χ3n) is 4.23. The Bertz CT molecular complexity index is 1170. The number of benzene rings is 2. The van der Waals surface area contributed by atoms with E-state index in [-0.39, 0.29) is 11.7 Å². The smallest absolute Gasteiger partial charge is 0.316 e. The Hall–Kier alpha value is -3.16. The summed E-state index contributed by atoms with van der Waals surface area (Å²) in [6.07, 6.45) is 1.75. The molecule has 0 fully saturated rings. The first-order chi connectivity index (χ1) is 14.0. The highest BCUT2D eigenvalue weighted by atomic mass is 35.5. The van der Waals surface area contributed by atoms with E-state index in [9.17, 15) is 4.79 Å². The van der Waals surface area contributed by atoms with Crippen molar-refractivity contribution in [3.63, 3.8) is 0 Å². The van der Waals surface area contributed by atoms with Gasteiger partial charge in [-0.3, -0.25) is 4.79 Å². The number of hydrogen-bond acceptors (Lipinski definition) is 5. The molecule has 0 spiro atoms. The molecule has 7 nitrogen and oxygen atoms in total. The Kier molecular flexibility index (Phi) is 5.33. The van der Waals surface area contributed by atoms with Gasteiger partial charge in [-0.05, 0) is 36.8 Å². The van der Waals surface area contributed by atoms with E-state index in [0.29, 0.717) is 27.8 Å². The highest BCUT2D eigenvalue weighted by Crippen LogP contribution is 2.25. The third-order valence-corrected chi connectivity index (χ3v) is 4.80. The van der Waals surface area contributed by atoms with Crippen LogP contribution in [-0.4, -0.2) is 25.8 Å². The van der Waals surface area contributed by atoms with Crippen LogP contribution in [0.4, 0.5) is 0 Å². The fourth-order valence-electron chi connectivity index (χ4n) is 2.73. The van der Waals surface area contributed by atoms with Crippen LogP contribution in [0.25, 0.3) is 17.1 Å². The predicted molar refractivity (Wildman–Crippen MR) is 109 cm³/mol. The van der Waals surface area contributed by atoms with Gasteiger partial charge in [-0.15, -0.1) is 0 Å². The van der Waals surface area contributed by atoms with Crippen LogP contribution in [0.15, 0.2) is 59.3 Å². The summed E-state index contributed by atoms with van der Waals surface area (Å²) < 4.78 is 6.77. The summed E-state index contributed by atoms with van der Waals surface area (Å²) in [4.78, 5) is 16.5. The number of rotatable bonds is 5. The quantitative estimate of drug-likeness (QED) is 0.507. The van der Waals surface area contributed by atoms with Gasteiger partial charge in [0.25, 0.3) is 0 Å². The summed E-state index contributed by atoms with van der Waals surface area (Å²) >= 11 is 12.1. The number of carbonyl (C=O) groups excluding carboxylic acids is 1. The van der Waals surface area contributed by atoms with Crippen molar-refractivity contribution >= 4 is 29.1 Å². The number of nitrogens with zero attached hydrogens (tertiary/aromatic N) is 4. The summed E-state index contributed by atoms with van der Waals surface area (Å²) in [5, 5.41) is 12.3. The molecule has 0 unspecified atom stereocenters. The van der Waals surface area contributed by atoms with Gasteiger partial charge in [0.05, 0.1) is 22.0 Å². The summed E-state index contributed by atoms with van der Waals surface area (Å²) in [5.74, 6) is -0.314. The lowest BCUT2D eigenvalue weighted by atomic mass is 10.2. The molecule has 0 saturated heterocycles. The topological polar surface area (TPSA) is 85.8 Å². The molecular formula is C20H15Cl2N5O2. The second kappa shape index (κ2) is 8.06. The number of nitrogens with one attached hydrogen (secondary N) is 1. The van der Waals surface area contributed by atoms with Gasteiger partial charge in [0.1, 0.15) is 0 Å². The van der Waals surface area contributed by atoms with Crippen LogP contribution >= 0.6 is 23.2 Å². The molecule has 0 aliphatic carbocycles. The minimum atomic E-state index is -0.463. The number of carbonyl (C=O) groups is 1. The van der Waals surface area contributed by atoms with E-state index >= 15 is 0 Å². The van der Waals surface area contributed by atoms with Crippen LogP contribution in [0.5, 0.6) is 0 Å². The monoisotopic (exact) mass is 427 g/mol. The zero-order valence-electron chi connectivity index (χ0n) is 15.3. The lowest BCUT2D eigenvalue weighted by Crippen LogP contribution is -2.23. The van der Waals surface area contributed by atoms with Crippen LogP contribution < -0.4 is 5.32 Å². The van der Waals surface area contributed by atoms with E-state index in [1.54, 1.807) is 29.1 Å². The maximum absolute atomic E-state index is 12.3. The number of aryl methyl sites for hydroxylation is 1. The first-order valence-corrected chi connectivity index (χ1v) is 9.45. The van der Waals surface area contributed by atoms with Gasteiger partial charge < -0.3 is 9.84 Å². The normalized spacial score (nSPS) is 10.9. The largest absolute Gasteiger partial charge is 0.344 e. The van der Waals surface area contributed by atoms with Gasteiger partial charge in [0.2, 0.25) is 5.82 Å². The average Bonchev–Trinajstić information content (AvgIpc) is 3.34. The van der Waals surface area contributed by atoms with Gasteiger partial charge in [0.15, 0.2) is 0 Å². The van der Waals surface area contributed by atoms with Gasteiger partial charge in [0, 0.05) is 17.8 Å². The molecule has 2 heterocycles. The molecular weight excluding hydrogens is 413 g/mol. The van der Waals surface area contributed by atoms with Gasteiger partial charge >= 0.3 is 11.8 Å². The Balaban J connectivity index is 1.51. The summed E-state index contributed by atoms with van der Waals surface area (Å²) in [6.45, 7) is 2.14. The van der Waals surface area contributed by atoms with Crippen molar-refractivity contribution in [3.05, 3.63) is 81.9 Å². The maximum Gasteiger partial charge on any atom is 0.316 e. The van der Waals surface area contributed by atoms with Crippen molar-refractivity contribution in [1.29, 1.82) is 0 Å². The van der Waals surface area contributed by atoms with Gasteiger partial charge in [-0.1, -0.05) is 52.6 Å². The summed E-state index contributed by atoms with van der Waals surface area (Å²) in [7, 11) is 0. The lowest BCUT2D eigenvalue weighted by molar-refractivity contribution is 0.0907. The van der Waals surface area contributed by atoms with E-state index < -0.39 is 5.91 Å². The maximum atomic E-state index is 12.3. The Labute approximate surface area is 176 Å². The highest BCUT2D eigenvalue weighted by Gasteiger charge is 2.19. The molecule has 4 aromatic rings. The fourth-order valence-corrected chi connectivity index (χ4v) is 3.07. The standard InChI is InChI=1S/C20H15Cl2N5O2/c1-12-15(11-27(25-12)17-5-3-2-4-16(17)22)18-24-20(29-26-18)19(28)23-10-13-6-8-14(21)9-7-13/h2-9,11H,10H2,1H3,(H,23,28). The Morgan fingerprint density at radius 2 is 1.90 bits per heavy atom. The lowest BCUT2D eigenvalue weighted by Gasteiger charge is -2.02. The molecule has 2 aromatic heterocycles. The number of amides is 1. The molecule has 146 valence electrons. The van der Waals surface area contributed by atoms with Crippen LogP contribution in [0.2, 0.25) is 10.0 Å². The molecule has 4 rings (SSSR count). The highest BCUT2D eigenvalue weighted by molar-refractivity contribution is 6.32. The molecule has 0 aliphatic rings. The second-order valence-electron chi connectivity index (χ2n) is 6.26. The van der Waals surface area contributed by atoms with E-state index in [1.165, 1.54) is 0 Å². The molecule has 0 saturated carbocycles. The van der Waals surface area contributed by atoms with Gasteiger partial charge in [-0.2, -0.15) is 10.1 Å².